The minimum Gasteiger partial charge on any atom is -0.385 e. The molecule has 7 nitrogen and oxygen atoms in total. The number of carbonyl (C=O) groups excluding carboxylic acids is 2. The van der Waals surface area contributed by atoms with Crippen molar-refractivity contribution in [3.63, 3.8) is 0 Å². The first-order valence-corrected chi connectivity index (χ1v) is 6.24. The summed E-state index contributed by atoms with van der Waals surface area (Å²) in [5.41, 5.74) is -0.100. The van der Waals surface area contributed by atoms with Gasteiger partial charge in [0, 0.05) is 45.1 Å². The van der Waals surface area contributed by atoms with Crippen molar-refractivity contribution in [3.05, 3.63) is 34.2 Å². The van der Waals surface area contributed by atoms with Crippen LogP contribution in [0.4, 0.5) is 0 Å². The van der Waals surface area contributed by atoms with Crippen LogP contribution in [-0.2, 0) is 9.53 Å². The summed E-state index contributed by atoms with van der Waals surface area (Å²) in [6, 6.07) is 2.70. The van der Waals surface area contributed by atoms with Gasteiger partial charge in [-0.25, -0.2) is 0 Å². The topological polar surface area (TPSA) is 91.5 Å². The first kappa shape index (κ1) is 15.9. The summed E-state index contributed by atoms with van der Waals surface area (Å²) in [6.07, 6.45) is 2.11. The van der Waals surface area contributed by atoms with E-state index in [4.69, 9.17) is 4.74 Å². The first-order chi connectivity index (χ1) is 9.54. The van der Waals surface area contributed by atoms with Crippen LogP contribution >= 0.6 is 0 Å². The zero-order chi connectivity index (χ0) is 15.0. The van der Waals surface area contributed by atoms with Crippen molar-refractivity contribution in [2.45, 2.75) is 6.42 Å². The summed E-state index contributed by atoms with van der Waals surface area (Å²) >= 11 is 0. The number of methoxy groups -OCH3 is 1. The molecule has 0 atom stereocenters. The average Bonchev–Trinajstić information content (AvgIpc) is 2.42. The Morgan fingerprint density at radius 3 is 2.85 bits per heavy atom. The number of H-pyrrole nitrogens is 1. The van der Waals surface area contributed by atoms with Gasteiger partial charge in [-0.3, -0.25) is 14.4 Å². The molecular weight excluding hydrogens is 262 g/mol. The summed E-state index contributed by atoms with van der Waals surface area (Å²) < 4.78 is 4.86. The van der Waals surface area contributed by atoms with E-state index in [-0.39, 0.29) is 29.5 Å². The van der Waals surface area contributed by atoms with Crippen molar-refractivity contribution in [1.29, 1.82) is 0 Å². The SMILES string of the molecule is COCCCNC(=O)CN(C)C(=O)c1cc[nH]c(=O)c1. The second-order valence-corrected chi connectivity index (χ2v) is 4.30. The maximum atomic E-state index is 12.0. The van der Waals surface area contributed by atoms with Crippen molar-refractivity contribution in [3.8, 4) is 0 Å². The second kappa shape index (κ2) is 8.11. The molecule has 0 radical (unpaired) electrons. The molecule has 1 aromatic heterocycles. The molecule has 1 aromatic rings. The van der Waals surface area contributed by atoms with Crippen LogP contribution in [0, 0.1) is 0 Å². The van der Waals surface area contributed by atoms with Gasteiger partial charge in [0.15, 0.2) is 0 Å². The Labute approximate surface area is 116 Å². The van der Waals surface area contributed by atoms with Crippen LogP contribution in [0.3, 0.4) is 0 Å². The van der Waals surface area contributed by atoms with E-state index in [0.717, 1.165) is 0 Å². The quantitative estimate of drug-likeness (QED) is 0.665. The van der Waals surface area contributed by atoms with Gasteiger partial charge < -0.3 is 19.9 Å². The molecular formula is C13H19N3O4. The van der Waals surface area contributed by atoms with Gasteiger partial charge in [0.25, 0.3) is 5.91 Å². The number of aromatic amines is 1. The number of pyridine rings is 1. The van der Waals surface area contributed by atoms with E-state index in [2.05, 4.69) is 10.3 Å². The van der Waals surface area contributed by atoms with Gasteiger partial charge in [0.05, 0.1) is 6.54 Å². The second-order valence-electron chi connectivity index (χ2n) is 4.30. The lowest BCUT2D eigenvalue weighted by molar-refractivity contribution is -0.121. The van der Waals surface area contributed by atoms with E-state index in [9.17, 15) is 14.4 Å². The average molecular weight is 281 g/mol. The number of likely N-dealkylation sites (N-methyl/N-ethyl adjacent to an activating group) is 1. The smallest absolute Gasteiger partial charge is 0.254 e. The highest BCUT2D eigenvalue weighted by atomic mass is 16.5. The number of rotatable bonds is 7. The van der Waals surface area contributed by atoms with E-state index in [1.165, 1.54) is 30.3 Å². The Balaban J connectivity index is 2.45. The molecule has 0 unspecified atom stereocenters. The third-order valence-electron chi connectivity index (χ3n) is 2.60. The Hall–Kier alpha value is -2.15. The van der Waals surface area contributed by atoms with Gasteiger partial charge in [-0.15, -0.1) is 0 Å². The maximum absolute atomic E-state index is 12.0. The van der Waals surface area contributed by atoms with Gasteiger partial charge in [-0.05, 0) is 12.5 Å². The monoisotopic (exact) mass is 281 g/mol. The molecule has 0 aliphatic rings. The van der Waals surface area contributed by atoms with Crippen LogP contribution < -0.4 is 10.9 Å². The van der Waals surface area contributed by atoms with Gasteiger partial charge in [-0.2, -0.15) is 0 Å². The lowest BCUT2D eigenvalue weighted by atomic mass is 10.2. The molecule has 2 N–H and O–H groups in total. The fourth-order valence-corrected chi connectivity index (χ4v) is 1.59. The molecule has 20 heavy (non-hydrogen) atoms. The molecule has 0 aromatic carbocycles. The summed E-state index contributed by atoms with van der Waals surface area (Å²) in [6.45, 7) is 1.01. The van der Waals surface area contributed by atoms with Crippen LogP contribution in [0.15, 0.2) is 23.1 Å². The largest absolute Gasteiger partial charge is 0.385 e. The van der Waals surface area contributed by atoms with Crippen molar-refractivity contribution in [1.82, 2.24) is 15.2 Å². The van der Waals surface area contributed by atoms with Crippen LogP contribution in [0.1, 0.15) is 16.8 Å². The Morgan fingerprint density at radius 2 is 2.20 bits per heavy atom. The fraction of sp³-hybridized carbons (Fsp3) is 0.462. The number of aromatic nitrogens is 1. The molecule has 0 spiro atoms. The molecule has 2 amide bonds. The molecule has 0 aliphatic carbocycles. The summed E-state index contributed by atoms with van der Waals surface area (Å²) in [5.74, 6) is -0.620. The first-order valence-electron chi connectivity index (χ1n) is 6.24. The van der Waals surface area contributed by atoms with E-state index in [0.29, 0.717) is 19.6 Å². The van der Waals surface area contributed by atoms with Crippen molar-refractivity contribution in [2.75, 3.05) is 33.9 Å². The molecule has 1 rings (SSSR count). The highest BCUT2D eigenvalue weighted by Gasteiger charge is 2.14. The number of amides is 2. The number of hydrogen-bond donors (Lipinski definition) is 2. The van der Waals surface area contributed by atoms with Crippen LogP contribution in [0.25, 0.3) is 0 Å². The van der Waals surface area contributed by atoms with Gasteiger partial charge in [0.1, 0.15) is 0 Å². The van der Waals surface area contributed by atoms with E-state index < -0.39 is 0 Å². The molecule has 0 aliphatic heterocycles. The summed E-state index contributed by atoms with van der Waals surface area (Å²) in [5, 5.41) is 2.69. The number of nitrogens with one attached hydrogen (secondary N) is 2. The number of hydrogen-bond acceptors (Lipinski definition) is 4. The van der Waals surface area contributed by atoms with E-state index >= 15 is 0 Å². The van der Waals surface area contributed by atoms with Gasteiger partial charge in [0.2, 0.25) is 11.5 Å². The molecule has 0 bridgehead atoms. The van der Waals surface area contributed by atoms with Crippen molar-refractivity contribution >= 4 is 11.8 Å². The third-order valence-corrected chi connectivity index (χ3v) is 2.60. The normalized spacial score (nSPS) is 10.1. The zero-order valence-electron chi connectivity index (χ0n) is 11.6. The maximum Gasteiger partial charge on any atom is 0.254 e. The summed E-state index contributed by atoms with van der Waals surface area (Å²) in [7, 11) is 3.11. The molecule has 110 valence electrons. The molecule has 0 fully saturated rings. The van der Waals surface area contributed by atoms with E-state index in [1.54, 1.807) is 7.11 Å². The predicted octanol–water partition coefficient (Wildman–Crippen LogP) is -0.400. The molecule has 0 saturated heterocycles. The number of carbonyl (C=O) groups is 2. The Kier molecular flexibility index (Phi) is 6.45. The highest BCUT2D eigenvalue weighted by Crippen LogP contribution is 1.99. The minimum atomic E-state index is -0.372. The minimum absolute atomic E-state index is 0.0569. The molecule has 7 heteroatoms. The molecule has 1 heterocycles. The van der Waals surface area contributed by atoms with E-state index in [1.807, 2.05) is 0 Å². The highest BCUT2D eigenvalue weighted by molar-refractivity contribution is 5.96. The Bertz CT molecular complexity index is 512. The Morgan fingerprint density at radius 1 is 1.45 bits per heavy atom. The predicted molar refractivity (Wildman–Crippen MR) is 73.5 cm³/mol. The van der Waals surface area contributed by atoms with Gasteiger partial charge in [-0.1, -0.05) is 0 Å². The molecule has 0 saturated carbocycles. The summed E-state index contributed by atoms with van der Waals surface area (Å²) in [4.78, 5) is 38.4. The standard InChI is InChI=1S/C13H19N3O4/c1-16(9-12(18)14-5-3-7-20-2)13(19)10-4-6-15-11(17)8-10/h4,6,8H,3,5,7,9H2,1-2H3,(H,14,18)(H,15,17). The third kappa shape index (κ3) is 5.23. The van der Waals surface area contributed by atoms with Gasteiger partial charge >= 0.3 is 0 Å². The van der Waals surface area contributed by atoms with Crippen LogP contribution in [0.2, 0.25) is 0 Å². The fourth-order valence-electron chi connectivity index (χ4n) is 1.59. The lowest BCUT2D eigenvalue weighted by Gasteiger charge is -2.16. The van der Waals surface area contributed by atoms with Crippen molar-refractivity contribution < 1.29 is 14.3 Å². The van der Waals surface area contributed by atoms with Crippen LogP contribution in [0.5, 0.6) is 0 Å². The van der Waals surface area contributed by atoms with Crippen molar-refractivity contribution in [2.24, 2.45) is 0 Å². The van der Waals surface area contributed by atoms with Crippen LogP contribution in [-0.4, -0.2) is 55.6 Å². The zero-order valence-corrected chi connectivity index (χ0v) is 11.6. The number of nitrogens with zero attached hydrogens (tertiary/aromatic N) is 1. The number of ether oxygens (including phenoxy) is 1. The lowest BCUT2D eigenvalue weighted by Crippen LogP contribution is -2.39.